The maximum absolute atomic E-state index is 10.1. The van der Waals surface area contributed by atoms with Crippen LogP contribution < -0.4 is 0 Å². The molecule has 0 spiro atoms. The predicted molar refractivity (Wildman–Crippen MR) is 60.7 cm³/mol. The summed E-state index contributed by atoms with van der Waals surface area (Å²) in [6.45, 7) is 2.84. The van der Waals surface area contributed by atoms with Crippen molar-refractivity contribution in [2.45, 2.75) is 50.3 Å². The van der Waals surface area contributed by atoms with E-state index < -0.39 is 36.5 Å². The van der Waals surface area contributed by atoms with Crippen LogP contribution in [-0.2, 0) is 18.9 Å². The van der Waals surface area contributed by atoms with Crippen molar-refractivity contribution in [1.29, 1.82) is 0 Å². The Morgan fingerprint density at radius 3 is 2.68 bits per heavy atom. The number of hydrogen-bond donors (Lipinski definition) is 2. The Morgan fingerprint density at radius 1 is 1.37 bits per heavy atom. The van der Waals surface area contributed by atoms with Gasteiger partial charge in [0.25, 0.3) is 0 Å². The quantitative estimate of drug-likeness (QED) is 0.418. The van der Waals surface area contributed by atoms with Crippen LogP contribution in [0.15, 0.2) is 5.11 Å². The van der Waals surface area contributed by atoms with E-state index in [4.69, 9.17) is 24.5 Å². The second kappa shape index (κ2) is 5.59. The highest BCUT2D eigenvalue weighted by atomic mass is 16.8. The lowest BCUT2D eigenvalue weighted by molar-refractivity contribution is -0.281. The van der Waals surface area contributed by atoms with E-state index in [2.05, 4.69) is 10.0 Å². The van der Waals surface area contributed by atoms with Crippen molar-refractivity contribution in [2.24, 2.45) is 5.11 Å². The van der Waals surface area contributed by atoms with Gasteiger partial charge in [0.15, 0.2) is 12.1 Å². The highest BCUT2D eigenvalue weighted by Crippen LogP contribution is 2.37. The van der Waals surface area contributed by atoms with Crippen molar-refractivity contribution in [1.82, 2.24) is 0 Å². The zero-order valence-electron chi connectivity index (χ0n) is 10.7. The molecule has 9 nitrogen and oxygen atoms in total. The Hall–Kier alpha value is -0.930. The molecule has 2 aliphatic rings. The van der Waals surface area contributed by atoms with Gasteiger partial charge in [0.05, 0.1) is 6.61 Å². The molecule has 108 valence electrons. The molecule has 0 aromatic heterocycles. The third-order valence-corrected chi connectivity index (χ3v) is 2.99. The fourth-order valence-corrected chi connectivity index (χ4v) is 2.27. The summed E-state index contributed by atoms with van der Waals surface area (Å²) in [4.78, 5) is 2.53. The average molecular weight is 275 g/mol. The Labute approximate surface area is 109 Å². The second-order valence-corrected chi connectivity index (χ2v) is 4.81. The maximum Gasteiger partial charge on any atom is 0.186 e. The first kappa shape index (κ1) is 14.5. The molecule has 2 N–H and O–H groups in total. The molecule has 2 unspecified atom stereocenters. The summed E-state index contributed by atoms with van der Waals surface area (Å²) in [7, 11) is 0. The van der Waals surface area contributed by atoms with Gasteiger partial charge in [-0.3, -0.25) is 0 Å². The Kier molecular flexibility index (Phi) is 4.26. The summed E-state index contributed by atoms with van der Waals surface area (Å²) in [6, 6.07) is 0. The van der Waals surface area contributed by atoms with Gasteiger partial charge in [0, 0.05) is 4.91 Å². The highest BCUT2D eigenvalue weighted by Gasteiger charge is 2.54. The molecular formula is C10H17N3O6. The minimum Gasteiger partial charge on any atom is -0.394 e. The van der Waals surface area contributed by atoms with Crippen LogP contribution in [0.25, 0.3) is 10.4 Å². The van der Waals surface area contributed by atoms with Gasteiger partial charge >= 0.3 is 0 Å². The predicted octanol–water partition coefficient (Wildman–Crippen LogP) is -0.131. The number of fused-ring (bicyclic) bond motifs is 1. The van der Waals surface area contributed by atoms with Gasteiger partial charge in [0.2, 0.25) is 0 Å². The molecule has 2 heterocycles. The van der Waals surface area contributed by atoms with Crippen molar-refractivity contribution in [2.75, 3.05) is 13.3 Å². The molecule has 0 saturated carbocycles. The van der Waals surface area contributed by atoms with E-state index in [0.717, 1.165) is 0 Å². The van der Waals surface area contributed by atoms with Crippen molar-refractivity contribution >= 4 is 0 Å². The van der Waals surface area contributed by atoms with Crippen LogP contribution in [-0.4, -0.2) is 60.0 Å². The van der Waals surface area contributed by atoms with Crippen molar-refractivity contribution < 1.29 is 29.2 Å². The number of ether oxygens (including phenoxy) is 4. The van der Waals surface area contributed by atoms with E-state index in [0.29, 0.717) is 0 Å². The molecule has 0 aliphatic carbocycles. The zero-order chi connectivity index (χ0) is 14.0. The number of aliphatic hydroxyl groups is 2. The van der Waals surface area contributed by atoms with Gasteiger partial charge in [-0.25, -0.2) is 0 Å². The van der Waals surface area contributed by atoms with Crippen molar-refractivity contribution in [3.05, 3.63) is 10.4 Å². The summed E-state index contributed by atoms with van der Waals surface area (Å²) in [6.07, 6.45) is -4.05. The number of hydrogen-bond acceptors (Lipinski definition) is 7. The van der Waals surface area contributed by atoms with E-state index >= 15 is 0 Å². The van der Waals surface area contributed by atoms with Crippen LogP contribution in [0.2, 0.25) is 0 Å². The molecule has 2 fully saturated rings. The summed E-state index contributed by atoms with van der Waals surface area (Å²) in [5.41, 5.74) is 8.17. The Balaban J connectivity index is 2.08. The van der Waals surface area contributed by atoms with E-state index in [1.54, 1.807) is 13.8 Å². The Bertz CT molecular complexity index is 372. The molecule has 0 aromatic carbocycles. The molecule has 0 radical (unpaired) electrons. The summed E-state index contributed by atoms with van der Waals surface area (Å²) >= 11 is 0. The lowest BCUT2D eigenvalue weighted by Gasteiger charge is -2.38. The first-order valence-electron chi connectivity index (χ1n) is 5.91. The van der Waals surface area contributed by atoms with Crippen LogP contribution in [0, 0.1) is 0 Å². The highest BCUT2D eigenvalue weighted by molar-refractivity contribution is 4.96. The third kappa shape index (κ3) is 2.98. The summed E-state index contributed by atoms with van der Waals surface area (Å²) in [5.74, 6) is -0.868. The monoisotopic (exact) mass is 275 g/mol. The zero-order valence-corrected chi connectivity index (χ0v) is 10.7. The van der Waals surface area contributed by atoms with Gasteiger partial charge in [-0.1, -0.05) is 5.11 Å². The van der Waals surface area contributed by atoms with Crippen molar-refractivity contribution in [3.8, 4) is 0 Å². The number of azide groups is 1. The smallest absolute Gasteiger partial charge is 0.186 e. The molecule has 2 aliphatic heterocycles. The number of rotatable bonds is 4. The fourth-order valence-electron chi connectivity index (χ4n) is 2.27. The lowest BCUT2D eigenvalue weighted by atomic mass is 9.99. The molecular weight excluding hydrogens is 258 g/mol. The molecule has 9 heteroatoms. The first-order chi connectivity index (χ1) is 8.98. The molecule has 0 bridgehead atoms. The van der Waals surface area contributed by atoms with Gasteiger partial charge in [-0.05, 0) is 19.4 Å². The maximum atomic E-state index is 10.1. The molecule has 0 aromatic rings. The van der Waals surface area contributed by atoms with Crippen LogP contribution in [0.1, 0.15) is 13.8 Å². The van der Waals surface area contributed by atoms with Crippen LogP contribution in [0.5, 0.6) is 0 Å². The largest absolute Gasteiger partial charge is 0.394 e. The molecule has 19 heavy (non-hydrogen) atoms. The van der Waals surface area contributed by atoms with E-state index in [9.17, 15) is 10.2 Å². The summed E-state index contributed by atoms with van der Waals surface area (Å²) < 4.78 is 21.7. The normalized spacial score (nSPS) is 40.5. The van der Waals surface area contributed by atoms with Gasteiger partial charge in [0.1, 0.15) is 31.1 Å². The van der Waals surface area contributed by atoms with Crippen LogP contribution in [0.3, 0.4) is 0 Å². The second-order valence-electron chi connectivity index (χ2n) is 4.81. The topological polar surface area (TPSA) is 126 Å². The number of nitrogens with zero attached hydrogens (tertiary/aromatic N) is 3. The SMILES string of the molecule is CC1(C)O[C@@H]2C(O)[C@H](OCN=[N+]=[N-])OC(CO)[C@@H]2O1. The van der Waals surface area contributed by atoms with Gasteiger partial charge < -0.3 is 29.2 Å². The lowest BCUT2D eigenvalue weighted by Crippen LogP contribution is -2.57. The standard InChI is InChI=1S/C10H17N3O6/c1-10(2)18-7-5(3-14)17-9(16-4-12-13-11)6(15)8(7)19-10/h5-9,14-15H,3-4H2,1-2H3/t5?,6?,7-,8+,9+/m0/s1. The van der Waals surface area contributed by atoms with E-state index in [1.807, 2.05) is 0 Å². The van der Waals surface area contributed by atoms with Gasteiger partial charge in [-0.2, -0.15) is 0 Å². The number of aliphatic hydroxyl groups excluding tert-OH is 2. The molecule has 5 atom stereocenters. The van der Waals surface area contributed by atoms with E-state index in [1.165, 1.54) is 0 Å². The molecule has 2 saturated heterocycles. The first-order valence-corrected chi connectivity index (χ1v) is 5.91. The third-order valence-electron chi connectivity index (χ3n) is 2.99. The minimum atomic E-state index is -1.09. The van der Waals surface area contributed by atoms with Crippen molar-refractivity contribution in [3.63, 3.8) is 0 Å². The average Bonchev–Trinajstić information content (AvgIpc) is 2.68. The Morgan fingerprint density at radius 2 is 2.05 bits per heavy atom. The summed E-state index contributed by atoms with van der Waals surface area (Å²) in [5, 5.41) is 22.6. The minimum absolute atomic E-state index is 0.280. The van der Waals surface area contributed by atoms with Gasteiger partial charge in [-0.15, -0.1) is 0 Å². The van der Waals surface area contributed by atoms with Crippen LogP contribution >= 0.6 is 0 Å². The molecule has 2 rings (SSSR count). The van der Waals surface area contributed by atoms with Crippen LogP contribution in [0.4, 0.5) is 0 Å². The molecule has 0 amide bonds. The van der Waals surface area contributed by atoms with E-state index in [-0.39, 0.29) is 13.3 Å². The fraction of sp³-hybridized carbons (Fsp3) is 1.00.